The van der Waals surface area contributed by atoms with Gasteiger partial charge in [0.05, 0.1) is 12.8 Å². The minimum atomic E-state index is -0.0868. The number of nitrogens with one attached hydrogen (secondary N) is 1. The van der Waals surface area contributed by atoms with Crippen molar-refractivity contribution in [1.29, 1.82) is 0 Å². The fourth-order valence-corrected chi connectivity index (χ4v) is 2.34. The third-order valence-electron chi connectivity index (χ3n) is 3.19. The molecule has 0 aliphatic carbocycles. The SMILES string of the molecule is COc1c(C)cc(C)cc1C=Nc1ccc(NC(C)=O)cc1. The molecule has 0 aliphatic heterocycles. The lowest BCUT2D eigenvalue weighted by molar-refractivity contribution is -0.114. The van der Waals surface area contributed by atoms with E-state index in [2.05, 4.69) is 16.4 Å². The molecule has 0 fully saturated rings. The highest BCUT2D eigenvalue weighted by atomic mass is 16.5. The molecule has 2 aromatic carbocycles. The summed E-state index contributed by atoms with van der Waals surface area (Å²) in [5, 5.41) is 2.73. The van der Waals surface area contributed by atoms with Crippen molar-refractivity contribution in [3.63, 3.8) is 0 Å². The van der Waals surface area contributed by atoms with Crippen LogP contribution in [0.4, 0.5) is 11.4 Å². The maximum absolute atomic E-state index is 11.0. The van der Waals surface area contributed by atoms with E-state index in [1.54, 1.807) is 13.3 Å². The van der Waals surface area contributed by atoms with Gasteiger partial charge < -0.3 is 10.1 Å². The average Bonchev–Trinajstić information content (AvgIpc) is 2.45. The second-order valence-corrected chi connectivity index (χ2v) is 5.19. The number of carbonyl (C=O) groups excluding carboxylic acids is 1. The van der Waals surface area contributed by atoms with Crippen molar-refractivity contribution in [2.75, 3.05) is 12.4 Å². The summed E-state index contributed by atoms with van der Waals surface area (Å²) in [5.74, 6) is 0.750. The summed E-state index contributed by atoms with van der Waals surface area (Å²) in [6.07, 6.45) is 1.80. The van der Waals surface area contributed by atoms with Gasteiger partial charge in [0.1, 0.15) is 5.75 Å². The summed E-state index contributed by atoms with van der Waals surface area (Å²) in [5.41, 5.74) is 4.78. The minimum Gasteiger partial charge on any atom is -0.496 e. The van der Waals surface area contributed by atoms with Crippen molar-refractivity contribution in [3.05, 3.63) is 53.1 Å². The molecule has 1 N–H and O–H groups in total. The summed E-state index contributed by atoms with van der Waals surface area (Å²) < 4.78 is 5.44. The fourth-order valence-electron chi connectivity index (χ4n) is 2.34. The quantitative estimate of drug-likeness (QED) is 0.866. The van der Waals surface area contributed by atoms with E-state index in [0.29, 0.717) is 0 Å². The van der Waals surface area contributed by atoms with Crippen molar-refractivity contribution >= 4 is 23.5 Å². The lowest BCUT2D eigenvalue weighted by atomic mass is 10.1. The maximum Gasteiger partial charge on any atom is 0.221 e. The Morgan fingerprint density at radius 1 is 1.18 bits per heavy atom. The Morgan fingerprint density at radius 2 is 1.86 bits per heavy atom. The lowest BCUT2D eigenvalue weighted by Gasteiger charge is -2.09. The number of benzene rings is 2. The number of hydrogen-bond donors (Lipinski definition) is 1. The van der Waals surface area contributed by atoms with Gasteiger partial charge in [0.15, 0.2) is 0 Å². The van der Waals surface area contributed by atoms with E-state index in [1.807, 2.05) is 44.2 Å². The molecule has 0 spiro atoms. The van der Waals surface area contributed by atoms with Gasteiger partial charge >= 0.3 is 0 Å². The van der Waals surface area contributed by atoms with Gasteiger partial charge in [-0.3, -0.25) is 9.79 Å². The molecule has 4 nitrogen and oxygen atoms in total. The van der Waals surface area contributed by atoms with Gasteiger partial charge in [0.2, 0.25) is 5.91 Å². The number of ether oxygens (including phenoxy) is 1. The third-order valence-corrected chi connectivity index (χ3v) is 3.19. The molecule has 2 rings (SSSR count). The number of methoxy groups -OCH3 is 1. The molecule has 0 unspecified atom stereocenters. The minimum absolute atomic E-state index is 0.0868. The zero-order chi connectivity index (χ0) is 16.1. The molecular weight excluding hydrogens is 276 g/mol. The van der Waals surface area contributed by atoms with E-state index < -0.39 is 0 Å². The largest absolute Gasteiger partial charge is 0.496 e. The van der Waals surface area contributed by atoms with Crippen LogP contribution in [0, 0.1) is 13.8 Å². The smallest absolute Gasteiger partial charge is 0.221 e. The number of nitrogens with zero attached hydrogens (tertiary/aromatic N) is 1. The second-order valence-electron chi connectivity index (χ2n) is 5.19. The van der Waals surface area contributed by atoms with Gasteiger partial charge in [-0.15, -0.1) is 0 Å². The van der Waals surface area contributed by atoms with Crippen molar-refractivity contribution in [1.82, 2.24) is 0 Å². The number of amides is 1. The van der Waals surface area contributed by atoms with Crippen LogP contribution in [0.3, 0.4) is 0 Å². The van der Waals surface area contributed by atoms with Gasteiger partial charge in [-0.2, -0.15) is 0 Å². The van der Waals surface area contributed by atoms with E-state index in [9.17, 15) is 4.79 Å². The van der Waals surface area contributed by atoms with E-state index in [4.69, 9.17) is 4.74 Å². The number of carbonyl (C=O) groups is 1. The molecule has 0 heterocycles. The Kier molecular flexibility index (Phi) is 4.94. The van der Waals surface area contributed by atoms with Crippen molar-refractivity contribution in [2.45, 2.75) is 20.8 Å². The Labute approximate surface area is 130 Å². The lowest BCUT2D eigenvalue weighted by Crippen LogP contribution is -2.04. The molecule has 0 radical (unpaired) electrons. The Hall–Kier alpha value is -2.62. The van der Waals surface area contributed by atoms with Crippen LogP contribution in [0.1, 0.15) is 23.6 Å². The molecule has 0 aromatic heterocycles. The highest BCUT2D eigenvalue weighted by molar-refractivity contribution is 5.89. The molecule has 1 amide bonds. The van der Waals surface area contributed by atoms with Crippen molar-refractivity contribution < 1.29 is 9.53 Å². The monoisotopic (exact) mass is 296 g/mol. The molecule has 0 atom stereocenters. The first-order chi connectivity index (χ1) is 10.5. The van der Waals surface area contributed by atoms with E-state index >= 15 is 0 Å². The van der Waals surface area contributed by atoms with Crippen LogP contribution in [-0.2, 0) is 4.79 Å². The molecule has 0 saturated carbocycles. The van der Waals surface area contributed by atoms with E-state index in [1.165, 1.54) is 12.5 Å². The number of hydrogen-bond acceptors (Lipinski definition) is 3. The van der Waals surface area contributed by atoms with Gasteiger partial charge in [-0.05, 0) is 55.3 Å². The highest BCUT2D eigenvalue weighted by Crippen LogP contribution is 2.24. The number of anilines is 1. The summed E-state index contributed by atoms with van der Waals surface area (Å²) in [6, 6.07) is 11.5. The molecule has 2 aromatic rings. The Morgan fingerprint density at radius 3 is 2.45 bits per heavy atom. The molecule has 0 aliphatic rings. The third kappa shape index (κ3) is 3.95. The summed E-state index contributed by atoms with van der Waals surface area (Å²) in [7, 11) is 1.66. The van der Waals surface area contributed by atoms with Gasteiger partial charge in [0.25, 0.3) is 0 Å². The van der Waals surface area contributed by atoms with Crippen LogP contribution < -0.4 is 10.1 Å². The first-order valence-electron chi connectivity index (χ1n) is 7.06. The second kappa shape index (κ2) is 6.89. The van der Waals surface area contributed by atoms with Crippen molar-refractivity contribution in [2.24, 2.45) is 4.99 Å². The maximum atomic E-state index is 11.0. The summed E-state index contributed by atoms with van der Waals surface area (Å²) in [6.45, 7) is 5.55. The highest BCUT2D eigenvalue weighted by Gasteiger charge is 2.05. The summed E-state index contributed by atoms with van der Waals surface area (Å²) in [4.78, 5) is 15.5. The van der Waals surface area contributed by atoms with Crippen LogP contribution in [0.5, 0.6) is 5.75 Å². The van der Waals surface area contributed by atoms with Crippen LogP contribution >= 0.6 is 0 Å². The first-order valence-corrected chi connectivity index (χ1v) is 7.06. The number of aryl methyl sites for hydroxylation is 2. The standard InChI is InChI=1S/C18H20N2O2/c1-12-9-13(2)18(22-4)15(10-12)11-19-16-5-7-17(8-6-16)20-14(3)21/h5-11H,1-4H3,(H,20,21). The molecule has 0 bridgehead atoms. The molecule has 4 heteroatoms. The zero-order valence-electron chi connectivity index (χ0n) is 13.3. The molecule has 22 heavy (non-hydrogen) atoms. The van der Waals surface area contributed by atoms with Crippen LogP contribution in [0.15, 0.2) is 41.4 Å². The Balaban J connectivity index is 2.23. The van der Waals surface area contributed by atoms with Gasteiger partial charge in [0, 0.05) is 24.4 Å². The summed E-state index contributed by atoms with van der Waals surface area (Å²) >= 11 is 0. The van der Waals surface area contributed by atoms with E-state index in [-0.39, 0.29) is 5.91 Å². The Bertz CT molecular complexity index is 704. The number of aliphatic imine (C=N–C) groups is 1. The van der Waals surface area contributed by atoms with Crippen LogP contribution in [-0.4, -0.2) is 19.2 Å². The predicted octanol–water partition coefficient (Wildman–Crippen LogP) is 4.02. The van der Waals surface area contributed by atoms with E-state index in [0.717, 1.165) is 28.3 Å². The molecule has 0 saturated heterocycles. The normalized spacial score (nSPS) is 10.7. The predicted molar refractivity (Wildman–Crippen MR) is 90.5 cm³/mol. The fraction of sp³-hybridized carbons (Fsp3) is 0.222. The van der Waals surface area contributed by atoms with Crippen LogP contribution in [0.25, 0.3) is 0 Å². The molecule has 114 valence electrons. The van der Waals surface area contributed by atoms with Gasteiger partial charge in [-0.1, -0.05) is 6.07 Å². The molecular formula is C18H20N2O2. The van der Waals surface area contributed by atoms with Crippen LogP contribution in [0.2, 0.25) is 0 Å². The first kappa shape index (κ1) is 15.8. The zero-order valence-corrected chi connectivity index (χ0v) is 13.3. The van der Waals surface area contributed by atoms with Gasteiger partial charge in [-0.25, -0.2) is 0 Å². The topological polar surface area (TPSA) is 50.7 Å². The number of rotatable bonds is 4. The van der Waals surface area contributed by atoms with Crippen molar-refractivity contribution in [3.8, 4) is 5.75 Å². The average molecular weight is 296 g/mol.